The van der Waals surface area contributed by atoms with Gasteiger partial charge >= 0.3 is 0 Å². The summed E-state index contributed by atoms with van der Waals surface area (Å²) in [6, 6.07) is 12.7. The zero-order valence-electron chi connectivity index (χ0n) is 16.7. The molecule has 1 heterocycles. The van der Waals surface area contributed by atoms with Crippen LogP contribution in [0.4, 0.5) is 5.69 Å². The Balaban J connectivity index is 1.65. The van der Waals surface area contributed by atoms with E-state index in [1.807, 2.05) is 0 Å². The van der Waals surface area contributed by atoms with E-state index >= 15 is 0 Å². The molecule has 0 aliphatic heterocycles. The van der Waals surface area contributed by atoms with Crippen LogP contribution in [-0.2, 0) is 10.0 Å². The minimum atomic E-state index is -4.33. The number of ether oxygens (including phenoxy) is 1. The van der Waals surface area contributed by atoms with E-state index in [9.17, 15) is 18.5 Å². The quantitative estimate of drug-likeness (QED) is 0.145. The number of para-hydroxylation sites is 2. The monoisotopic (exact) mass is 539 g/mol. The Morgan fingerprint density at radius 1 is 1.06 bits per heavy atom. The molecule has 3 N–H and O–H groups in total. The fourth-order valence-electron chi connectivity index (χ4n) is 2.88. The molecule has 0 atom stereocenters. The number of nitrogens with one attached hydrogen (secondary N) is 1. The molecule has 4 aromatic rings. The third-order valence-electron chi connectivity index (χ3n) is 4.46. The van der Waals surface area contributed by atoms with Crippen molar-refractivity contribution >= 4 is 67.4 Å². The molecule has 4 rings (SSSR count). The SMILES string of the molecule is N/C(=N\S(=O)(=O)c1cc(Cl)c(Oc2ccc([N+](=O)[O-])cc2Cl)c(Cl)c1)c1nc2ccccc2[nH]1. The lowest BCUT2D eigenvalue weighted by Crippen LogP contribution is -2.17. The molecule has 0 saturated carbocycles. The molecule has 0 bridgehead atoms. The first-order valence-corrected chi connectivity index (χ1v) is 11.8. The van der Waals surface area contributed by atoms with Gasteiger partial charge in [0.2, 0.25) is 0 Å². The maximum Gasteiger partial charge on any atom is 0.284 e. The average molecular weight is 541 g/mol. The minimum absolute atomic E-state index is 0.0267. The number of non-ortho nitro benzene ring substituents is 1. The molecule has 0 unspecified atom stereocenters. The van der Waals surface area contributed by atoms with Gasteiger partial charge in [0.15, 0.2) is 17.4 Å². The summed E-state index contributed by atoms with van der Waals surface area (Å²) >= 11 is 18.4. The molecule has 10 nitrogen and oxygen atoms in total. The molecule has 0 radical (unpaired) electrons. The summed E-state index contributed by atoms with van der Waals surface area (Å²) in [5.41, 5.74) is 6.87. The minimum Gasteiger partial charge on any atom is -0.453 e. The number of rotatable bonds is 6. The summed E-state index contributed by atoms with van der Waals surface area (Å²) in [5, 5.41) is 10.5. The van der Waals surface area contributed by atoms with E-state index in [2.05, 4.69) is 14.4 Å². The number of nitro benzene ring substituents is 1. The van der Waals surface area contributed by atoms with Crippen LogP contribution in [0.15, 0.2) is 63.9 Å². The highest BCUT2D eigenvalue weighted by atomic mass is 35.5. The number of aromatic nitrogens is 2. The van der Waals surface area contributed by atoms with Crippen molar-refractivity contribution in [2.24, 2.45) is 10.1 Å². The zero-order chi connectivity index (χ0) is 24.6. The van der Waals surface area contributed by atoms with Gasteiger partial charge in [0, 0.05) is 12.1 Å². The van der Waals surface area contributed by atoms with E-state index < -0.39 is 14.9 Å². The van der Waals surface area contributed by atoms with Gasteiger partial charge in [0.25, 0.3) is 15.7 Å². The van der Waals surface area contributed by atoms with Crippen LogP contribution in [-0.4, -0.2) is 29.1 Å². The molecule has 14 heteroatoms. The lowest BCUT2D eigenvalue weighted by molar-refractivity contribution is -0.384. The highest BCUT2D eigenvalue weighted by molar-refractivity contribution is 7.90. The summed E-state index contributed by atoms with van der Waals surface area (Å²) in [5.74, 6) is -0.359. The fourth-order valence-corrected chi connectivity index (χ4v) is 4.77. The number of hydrogen-bond donors (Lipinski definition) is 2. The van der Waals surface area contributed by atoms with Gasteiger partial charge in [-0.3, -0.25) is 10.1 Å². The number of imidazole rings is 1. The van der Waals surface area contributed by atoms with Crippen LogP contribution in [0, 0.1) is 10.1 Å². The number of amidine groups is 1. The van der Waals surface area contributed by atoms with Crippen LogP contribution in [0.25, 0.3) is 11.0 Å². The van der Waals surface area contributed by atoms with Crippen LogP contribution in [0.5, 0.6) is 11.5 Å². The van der Waals surface area contributed by atoms with Crippen molar-refractivity contribution in [3.8, 4) is 11.5 Å². The van der Waals surface area contributed by atoms with Gasteiger partial charge in [-0.05, 0) is 30.3 Å². The van der Waals surface area contributed by atoms with Gasteiger partial charge in [-0.25, -0.2) is 4.98 Å². The van der Waals surface area contributed by atoms with Crippen LogP contribution < -0.4 is 10.5 Å². The van der Waals surface area contributed by atoms with Gasteiger partial charge in [-0.15, -0.1) is 4.40 Å². The maximum absolute atomic E-state index is 12.8. The smallest absolute Gasteiger partial charge is 0.284 e. The molecule has 0 aliphatic carbocycles. The predicted octanol–water partition coefficient (Wildman–Crippen LogP) is 5.32. The number of nitrogens with zero attached hydrogens (tertiary/aromatic N) is 3. The van der Waals surface area contributed by atoms with Gasteiger partial charge < -0.3 is 15.5 Å². The average Bonchev–Trinajstić information content (AvgIpc) is 3.21. The third-order valence-corrected chi connectivity index (χ3v) is 6.58. The molecule has 0 aliphatic rings. The molecular formula is C20H12Cl3N5O5S. The molecule has 34 heavy (non-hydrogen) atoms. The Morgan fingerprint density at radius 3 is 2.35 bits per heavy atom. The maximum atomic E-state index is 12.8. The summed E-state index contributed by atoms with van der Waals surface area (Å²) in [6.07, 6.45) is 0. The fraction of sp³-hybridized carbons (Fsp3) is 0. The molecule has 0 saturated heterocycles. The van der Waals surface area contributed by atoms with E-state index in [0.717, 1.165) is 18.2 Å². The summed E-state index contributed by atoms with van der Waals surface area (Å²) in [6.45, 7) is 0. The second kappa shape index (κ2) is 9.11. The van der Waals surface area contributed by atoms with Crippen molar-refractivity contribution in [2.45, 2.75) is 4.90 Å². The number of fused-ring (bicyclic) bond motifs is 1. The first kappa shape index (κ1) is 23.8. The second-order valence-corrected chi connectivity index (χ2v) is 9.57. The number of nitro groups is 1. The molecular weight excluding hydrogens is 529 g/mol. The number of benzene rings is 3. The normalized spacial score (nSPS) is 12.1. The Morgan fingerprint density at radius 2 is 1.74 bits per heavy atom. The third kappa shape index (κ3) is 4.77. The largest absolute Gasteiger partial charge is 0.453 e. The van der Waals surface area contributed by atoms with Gasteiger partial charge in [-0.2, -0.15) is 8.42 Å². The Hall–Kier alpha value is -3.38. The van der Waals surface area contributed by atoms with Gasteiger partial charge in [-0.1, -0.05) is 46.9 Å². The Kier molecular flexibility index (Phi) is 6.36. The lowest BCUT2D eigenvalue weighted by atomic mass is 10.3. The first-order chi connectivity index (χ1) is 16.0. The molecule has 0 spiro atoms. The van der Waals surface area contributed by atoms with Crippen molar-refractivity contribution in [3.63, 3.8) is 0 Å². The van der Waals surface area contributed by atoms with Gasteiger partial charge in [0.1, 0.15) is 5.75 Å². The van der Waals surface area contributed by atoms with Crippen molar-refractivity contribution in [3.05, 3.63) is 85.6 Å². The summed E-state index contributed by atoms with van der Waals surface area (Å²) in [7, 11) is -4.33. The number of halogens is 3. The predicted molar refractivity (Wildman–Crippen MR) is 129 cm³/mol. The van der Waals surface area contributed by atoms with Gasteiger partial charge in [0.05, 0.1) is 35.9 Å². The summed E-state index contributed by atoms with van der Waals surface area (Å²) in [4.78, 5) is 17.0. The first-order valence-electron chi connectivity index (χ1n) is 9.21. The van der Waals surface area contributed by atoms with E-state index in [1.54, 1.807) is 24.3 Å². The molecule has 3 aromatic carbocycles. The van der Waals surface area contributed by atoms with E-state index in [-0.39, 0.29) is 48.8 Å². The summed E-state index contributed by atoms with van der Waals surface area (Å²) < 4.78 is 34.8. The topological polar surface area (TPSA) is 154 Å². The lowest BCUT2D eigenvalue weighted by Gasteiger charge is -2.12. The molecule has 0 fully saturated rings. The number of H-pyrrole nitrogens is 1. The zero-order valence-corrected chi connectivity index (χ0v) is 19.8. The number of aromatic amines is 1. The Bertz CT molecular complexity index is 1530. The second-order valence-electron chi connectivity index (χ2n) is 6.74. The van der Waals surface area contributed by atoms with E-state index in [4.69, 9.17) is 45.3 Å². The number of hydrogen-bond acceptors (Lipinski definition) is 6. The van der Waals surface area contributed by atoms with Crippen molar-refractivity contribution < 1.29 is 18.1 Å². The van der Waals surface area contributed by atoms with Crippen molar-refractivity contribution in [1.82, 2.24) is 9.97 Å². The van der Waals surface area contributed by atoms with Crippen molar-refractivity contribution in [2.75, 3.05) is 0 Å². The molecule has 174 valence electrons. The van der Waals surface area contributed by atoms with Crippen LogP contribution in [0.2, 0.25) is 15.1 Å². The highest BCUT2D eigenvalue weighted by Gasteiger charge is 2.22. The van der Waals surface area contributed by atoms with Crippen LogP contribution in [0.3, 0.4) is 0 Å². The standard InChI is InChI=1S/C20H12Cl3N5O5S/c21-12-7-10(28(29)30)5-6-17(12)33-18-13(22)8-11(9-14(18)23)34(31,32)27-19(24)20-25-15-3-1-2-4-16(15)26-20/h1-9H,(H2,24,27)(H,25,26). The van der Waals surface area contributed by atoms with Crippen molar-refractivity contribution in [1.29, 1.82) is 0 Å². The van der Waals surface area contributed by atoms with Crippen LogP contribution in [0.1, 0.15) is 5.82 Å². The number of nitrogens with two attached hydrogens (primary N) is 1. The van der Waals surface area contributed by atoms with E-state index in [0.29, 0.717) is 11.0 Å². The number of sulfonamides is 1. The van der Waals surface area contributed by atoms with Crippen LogP contribution >= 0.6 is 34.8 Å². The highest BCUT2D eigenvalue weighted by Crippen LogP contribution is 2.41. The Labute approximate surface area is 207 Å². The van der Waals surface area contributed by atoms with E-state index in [1.165, 1.54) is 12.1 Å². The molecule has 1 aromatic heterocycles. The molecule has 0 amide bonds.